The van der Waals surface area contributed by atoms with Gasteiger partial charge in [0.15, 0.2) is 0 Å². The van der Waals surface area contributed by atoms with Crippen LogP contribution in [0, 0.1) is 24.0 Å². The molecule has 148 valence electrons. The second-order valence-electron chi connectivity index (χ2n) is 6.37. The number of hydrogen-bond acceptors (Lipinski definition) is 5. The molecule has 1 N–H and O–H groups in total. The number of methoxy groups -OCH3 is 1. The predicted molar refractivity (Wildman–Crippen MR) is 110 cm³/mol. The molecule has 0 fully saturated rings. The molecule has 3 aromatic rings. The average molecular weight is 392 g/mol. The summed E-state index contributed by atoms with van der Waals surface area (Å²) < 4.78 is 7.01. The Bertz CT molecular complexity index is 1100. The molecular formula is C21H20N4O4. The topological polar surface area (TPSA) is 98.8 Å². The standard InChI is InChI=1S/C21H20N4O4/c1-14-10-17(13-22-23-21(26)16-6-4-9-20(11-16)29-3)15(2)24(14)18-7-5-8-19(12-18)25(27)28/h4-13H,1-3H3,(H,23,26)/b22-13-. The summed E-state index contributed by atoms with van der Waals surface area (Å²) in [6.45, 7) is 3.79. The predicted octanol–water partition coefficient (Wildman–Crippen LogP) is 3.77. The third-order valence-electron chi connectivity index (χ3n) is 4.47. The minimum Gasteiger partial charge on any atom is -0.497 e. The molecule has 1 amide bonds. The van der Waals surface area contributed by atoms with Gasteiger partial charge in [0, 0.05) is 34.6 Å². The van der Waals surface area contributed by atoms with Crippen LogP contribution in [-0.2, 0) is 0 Å². The lowest BCUT2D eigenvalue weighted by Gasteiger charge is -2.09. The van der Waals surface area contributed by atoms with Crippen molar-refractivity contribution in [2.45, 2.75) is 13.8 Å². The second-order valence-corrected chi connectivity index (χ2v) is 6.37. The number of rotatable bonds is 6. The molecule has 0 unspecified atom stereocenters. The smallest absolute Gasteiger partial charge is 0.271 e. The summed E-state index contributed by atoms with van der Waals surface area (Å²) in [7, 11) is 1.53. The Kier molecular flexibility index (Phi) is 5.73. The maximum atomic E-state index is 12.2. The highest BCUT2D eigenvalue weighted by atomic mass is 16.6. The zero-order valence-electron chi connectivity index (χ0n) is 16.2. The molecule has 1 heterocycles. The monoisotopic (exact) mass is 392 g/mol. The molecule has 0 atom stereocenters. The highest BCUT2D eigenvalue weighted by Gasteiger charge is 2.13. The number of hydrogen-bond donors (Lipinski definition) is 1. The zero-order chi connectivity index (χ0) is 21.0. The number of nitro groups is 1. The molecule has 1 aromatic heterocycles. The summed E-state index contributed by atoms with van der Waals surface area (Å²) in [5.41, 5.74) is 6.17. The van der Waals surface area contributed by atoms with Crippen molar-refractivity contribution in [3.05, 3.63) is 87.2 Å². The molecule has 0 radical (unpaired) electrons. The molecule has 0 spiro atoms. The van der Waals surface area contributed by atoms with E-state index in [0.717, 1.165) is 17.0 Å². The average Bonchev–Trinajstić information content (AvgIpc) is 3.01. The van der Waals surface area contributed by atoms with Gasteiger partial charge in [0.25, 0.3) is 11.6 Å². The molecular weight excluding hydrogens is 372 g/mol. The van der Waals surface area contributed by atoms with Crippen LogP contribution >= 0.6 is 0 Å². The van der Waals surface area contributed by atoms with E-state index in [9.17, 15) is 14.9 Å². The summed E-state index contributed by atoms with van der Waals surface area (Å²) >= 11 is 0. The van der Waals surface area contributed by atoms with Crippen LogP contribution in [0.3, 0.4) is 0 Å². The number of aromatic nitrogens is 1. The Morgan fingerprint density at radius 3 is 2.66 bits per heavy atom. The number of amides is 1. The molecule has 0 aliphatic heterocycles. The second kappa shape index (κ2) is 8.39. The van der Waals surface area contributed by atoms with Gasteiger partial charge in [-0.1, -0.05) is 12.1 Å². The molecule has 0 aliphatic rings. The van der Waals surface area contributed by atoms with Gasteiger partial charge in [0.05, 0.1) is 23.9 Å². The Labute approximate surface area is 167 Å². The van der Waals surface area contributed by atoms with Gasteiger partial charge in [0.2, 0.25) is 0 Å². The number of benzene rings is 2. The molecule has 3 rings (SSSR count). The first-order chi connectivity index (χ1) is 13.9. The highest BCUT2D eigenvalue weighted by Crippen LogP contribution is 2.23. The summed E-state index contributed by atoms with van der Waals surface area (Å²) in [5, 5.41) is 15.1. The number of carbonyl (C=O) groups is 1. The highest BCUT2D eigenvalue weighted by molar-refractivity contribution is 5.95. The van der Waals surface area contributed by atoms with E-state index < -0.39 is 4.92 Å². The van der Waals surface area contributed by atoms with Gasteiger partial charge in [0.1, 0.15) is 5.75 Å². The first kappa shape index (κ1) is 19.8. The van der Waals surface area contributed by atoms with Gasteiger partial charge < -0.3 is 9.30 Å². The number of aryl methyl sites for hydroxylation is 1. The number of non-ortho nitro benzene ring substituents is 1. The fourth-order valence-corrected chi connectivity index (χ4v) is 3.05. The SMILES string of the molecule is COc1cccc(C(=O)N/N=C\c2cc(C)n(-c3cccc([N+](=O)[O-])c3)c2C)c1. The van der Waals surface area contributed by atoms with Crippen molar-refractivity contribution < 1.29 is 14.5 Å². The fourth-order valence-electron chi connectivity index (χ4n) is 3.05. The number of hydrazone groups is 1. The lowest BCUT2D eigenvalue weighted by molar-refractivity contribution is -0.384. The third kappa shape index (κ3) is 4.32. The van der Waals surface area contributed by atoms with E-state index >= 15 is 0 Å². The van der Waals surface area contributed by atoms with E-state index in [4.69, 9.17) is 4.74 Å². The minimum absolute atomic E-state index is 0.0239. The quantitative estimate of drug-likeness (QED) is 0.392. The molecule has 8 heteroatoms. The van der Waals surface area contributed by atoms with E-state index in [0.29, 0.717) is 17.0 Å². The van der Waals surface area contributed by atoms with Crippen molar-refractivity contribution in [2.75, 3.05) is 7.11 Å². The van der Waals surface area contributed by atoms with Crippen LogP contribution in [-0.4, -0.2) is 28.7 Å². The Hall–Kier alpha value is -3.94. The van der Waals surface area contributed by atoms with Crippen LogP contribution in [0.15, 0.2) is 59.7 Å². The van der Waals surface area contributed by atoms with Gasteiger partial charge in [-0.05, 0) is 44.2 Å². The first-order valence-corrected chi connectivity index (χ1v) is 8.82. The van der Waals surface area contributed by atoms with Crippen LogP contribution in [0.5, 0.6) is 5.75 Å². The number of nitrogens with zero attached hydrogens (tertiary/aromatic N) is 3. The molecule has 8 nitrogen and oxygen atoms in total. The van der Waals surface area contributed by atoms with Crippen LogP contribution in [0.1, 0.15) is 27.3 Å². The van der Waals surface area contributed by atoms with Gasteiger partial charge in [-0.3, -0.25) is 14.9 Å². The maximum Gasteiger partial charge on any atom is 0.271 e. The van der Waals surface area contributed by atoms with E-state index in [1.54, 1.807) is 42.6 Å². The third-order valence-corrected chi connectivity index (χ3v) is 4.47. The molecule has 2 aromatic carbocycles. The number of nitrogens with one attached hydrogen (secondary N) is 1. The zero-order valence-corrected chi connectivity index (χ0v) is 16.2. The van der Waals surface area contributed by atoms with Gasteiger partial charge in [-0.25, -0.2) is 5.43 Å². The molecule has 29 heavy (non-hydrogen) atoms. The summed E-state index contributed by atoms with van der Waals surface area (Å²) in [6.07, 6.45) is 1.55. The van der Waals surface area contributed by atoms with E-state index in [-0.39, 0.29) is 11.6 Å². The van der Waals surface area contributed by atoms with E-state index in [1.807, 2.05) is 24.5 Å². The van der Waals surface area contributed by atoms with Gasteiger partial charge in [-0.15, -0.1) is 0 Å². The fraction of sp³-hybridized carbons (Fsp3) is 0.143. The maximum absolute atomic E-state index is 12.2. The first-order valence-electron chi connectivity index (χ1n) is 8.82. The van der Waals surface area contributed by atoms with Crippen LogP contribution in [0.2, 0.25) is 0 Å². The number of carbonyl (C=O) groups excluding carboxylic acids is 1. The van der Waals surface area contributed by atoms with Gasteiger partial charge in [-0.2, -0.15) is 5.10 Å². The lowest BCUT2D eigenvalue weighted by Crippen LogP contribution is -2.17. The Balaban J connectivity index is 1.80. The van der Waals surface area contributed by atoms with Crippen molar-refractivity contribution in [1.82, 2.24) is 9.99 Å². The lowest BCUT2D eigenvalue weighted by atomic mass is 10.2. The molecule has 0 saturated heterocycles. The van der Waals surface area contributed by atoms with Crippen LogP contribution in [0.25, 0.3) is 5.69 Å². The molecule has 0 aliphatic carbocycles. The van der Waals surface area contributed by atoms with E-state index in [1.165, 1.54) is 19.2 Å². The summed E-state index contributed by atoms with van der Waals surface area (Å²) in [4.78, 5) is 22.9. The number of nitro benzene ring substituents is 1. The largest absolute Gasteiger partial charge is 0.497 e. The number of ether oxygens (including phenoxy) is 1. The molecule has 0 bridgehead atoms. The summed E-state index contributed by atoms with van der Waals surface area (Å²) in [5.74, 6) is 0.231. The van der Waals surface area contributed by atoms with Crippen molar-refractivity contribution >= 4 is 17.8 Å². The van der Waals surface area contributed by atoms with Crippen molar-refractivity contribution in [3.8, 4) is 11.4 Å². The minimum atomic E-state index is -0.422. The Morgan fingerprint density at radius 2 is 1.93 bits per heavy atom. The summed E-state index contributed by atoms with van der Waals surface area (Å²) in [6, 6.07) is 15.1. The van der Waals surface area contributed by atoms with Crippen LogP contribution in [0.4, 0.5) is 5.69 Å². The van der Waals surface area contributed by atoms with E-state index in [2.05, 4.69) is 10.5 Å². The normalized spacial score (nSPS) is 10.9. The molecule has 0 saturated carbocycles. The van der Waals surface area contributed by atoms with Crippen LogP contribution < -0.4 is 10.2 Å². The van der Waals surface area contributed by atoms with Crippen molar-refractivity contribution in [3.63, 3.8) is 0 Å². The van der Waals surface area contributed by atoms with Gasteiger partial charge >= 0.3 is 0 Å². The Morgan fingerprint density at radius 1 is 1.17 bits per heavy atom. The van der Waals surface area contributed by atoms with Crippen molar-refractivity contribution in [1.29, 1.82) is 0 Å². The van der Waals surface area contributed by atoms with Crippen molar-refractivity contribution in [2.24, 2.45) is 5.10 Å².